The lowest BCUT2D eigenvalue weighted by molar-refractivity contribution is -0.164. The molecule has 1 aliphatic heterocycles. The fourth-order valence-corrected chi connectivity index (χ4v) is 4.85. The lowest BCUT2D eigenvalue weighted by Gasteiger charge is -2.36. The molecule has 2 aromatic carbocycles. The van der Waals surface area contributed by atoms with E-state index in [0.29, 0.717) is 43.7 Å². The number of anilines is 1. The molecule has 1 amide bonds. The van der Waals surface area contributed by atoms with Crippen molar-refractivity contribution >= 4 is 23.3 Å². The maximum Gasteiger partial charge on any atom is 0.329 e. The molecule has 218 valence electrons. The van der Waals surface area contributed by atoms with Crippen molar-refractivity contribution in [2.75, 3.05) is 39.8 Å². The molecule has 8 nitrogen and oxygen atoms in total. The van der Waals surface area contributed by atoms with Crippen molar-refractivity contribution in [3.8, 4) is 11.5 Å². The monoisotopic (exact) mass is 552 g/mol. The Morgan fingerprint density at radius 2 is 1.75 bits per heavy atom. The van der Waals surface area contributed by atoms with Crippen molar-refractivity contribution in [1.29, 1.82) is 0 Å². The average molecular weight is 553 g/mol. The van der Waals surface area contributed by atoms with Crippen molar-refractivity contribution in [2.24, 2.45) is 5.41 Å². The largest absolute Gasteiger partial charge is 0.493 e. The van der Waals surface area contributed by atoms with Gasteiger partial charge in [-0.25, -0.2) is 4.79 Å². The van der Waals surface area contributed by atoms with Crippen LogP contribution in [0.3, 0.4) is 0 Å². The van der Waals surface area contributed by atoms with Gasteiger partial charge in [0, 0.05) is 31.7 Å². The molecule has 2 atom stereocenters. The molecule has 1 aliphatic rings. The topological polar surface area (TPSA) is 85.4 Å². The van der Waals surface area contributed by atoms with E-state index in [9.17, 15) is 14.4 Å². The van der Waals surface area contributed by atoms with Gasteiger partial charge in [0.25, 0.3) is 5.91 Å². The zero-order chi connectivity index (χ0) is 29.4. The second-order valence-corrected chi connectivity index (χ2v) is 11.2. The van der Waals surface area contributed by atoms with Crippen LogP contribution in [0.4, 0.5) is 5.69 Å². The zero-order valence-corrected chi connectivity index (χ0v) is 25.0. The zero-order valence-electron chi connectivity index (χ0n) is 25.0. The van der Waals surface area contributed by atoms with Gasteiger partial charge in [0.1, 0.15) is 12.1 Å². The summed E-state index contributed by atoms with van der Waals surface area (Å²) in [6.07, 6.45) is 3.18. The molecule has 0 radical (unpaired) electrons. The summed E-state index contributed by atoms with van der Waals surface area (Å²) in [7, 11) is 7.12. The fourth-order valence-electron chi connectivity index (χ4n) is 4.85. The number of rotatable bonds is 12. The summed E-state index contributed by atoms with van der Waals surface area (Å²) in [6.45, 7) is 5.80. The number of ketones is 1. The predicted molar refractivity (Wildman–Crippen MR) is 156 cm³/mol. The van der Waals surface area contributed by atoms with E-state index >= 15 is 0 Å². The number of likely N-dealkylation sites (tertiary alicyclic amines) is 1. The molecule has 1 fully saturated rings. The third kappa shape index (κ3) is 7.34. The molecule has 0 spiro atoms. The summed E-state index contributed by atoms with van der Waals surface area (Å²) in [5.74, 6) is -0.235. The number of Topliss-reactive ketones (excluding diaryl/α,β-unsaturated/α-hetero) is 1. The molecule has 0 unspecified atom stereocenters. The Morgan fingerprint density at radius 1 is 1.02 bits per heavy atom. The molecule has 0 aliphatic carbocycles. The Hall–Kier alpha value is -3.55. The van der Waals surface area contributed by atoms with E-state index < -0.39 is 35.2 Å². The number of carbonyl (C=O) groups excluding carboxylic acids is 3. The van der Waals surface area contributed by atoms with Crippen LogP contribution in [0.1, 0.15) is 70.1 Å². The number of hydrogen-bond acceptors (Lipinski definition) is 7. The van der Waals surface area contributed by atoms with Crippen LogP contribution in [-0.4, -0.2) is 63.5 Å². The first-order valence-electron chi connectivity index (χ1n) is 14.1. The highest BCUT2D eigenvalue weighted by atomic mass is 16.5. The summed E-state index contributed by atoms with van der Waals surface area (Å²) in [5, 5.41) is 0. The fraction of sp³-hybridized carbons (Fsp3) is 0.531. The molecule has 2 aromatic rings. The smallest absolute Gasteiger partial charge is 0.329 e. The van der Waals surface area contributed by atoms with Gasteiger partial charge in [-0.2, -0.15) is 0 Å². The van der Waals surface area contributed by atoms with E-state index in [1.807, 2.05) is 68.4 Å². The van der Waals surface area contributed by atoms with Gasteiger partial charge in [-0.1, -0.05) is 39.0 Å². The lowest BCUT2D eigenvalue weighted by Crippen LogP contribution is -2.53. The van der Waals surface area contributed by atoms with Crippen LogP contribution in [-0.2, 0) is 25.5 Å². The minimum absolute atomic E-state index is 0.372. The number of esters is 1. The second kappa shape index (κ2) is 13.7. The Balaban J connectivity index is 1.86. The van der Waals surface area contributed by atoms with Crippen molar-refractivity contribution < 1.29 is 28.6 Å². The number of nitrogens with zero attached hydrogens (tertiary/aromatic N) is 2. The summed E-state index contributed by atoms with van der Waals surface area (Å²) in [5.41, 5.74) is 2.10. The predicted octanol–water partition coefficient (Wildman–Crippen LogP) is 5.37. The highest BCUT2D eigenvalue weighted by Gasteiger charge is 2.41. The van der Waals surface area contributed by atoms with E-state index in [1.165, 1.54) is 4.90 Å². The molecule has 8 heteroatoms. The van der Waals surface area contributed by atoms with Crippen LogP contribution in [0.15, 0.2) is 42.5 Å². The maximum atomic E-state index is 13.7. The lowest BCUT2D eigenvalue weighted by atomic mass is 9.84. The van der Waals surface area contributed by atoms with Crippen LogP contribution < -0.4 is 14.4 Å². The van der Waals surface area contributed by atoms with Crippen molar-refractivity contribution in [3.63, 3.8) is 0 Å². The number of amides is 1. The first-order chi connectivity index (χ1) is 19.0. The van der Waals surface area contributed by atoms with Crippen LogP contribution in [0.2, 0.25) is 0 Å². The number of benzene rings is 2. The van der Waals surface area contributed by atoms with Crippen LogP contribution >= 0.6 is 0 Å². The third-order valence-electron chi connectivity index (χ3n) is 7.89. The SMILES string of the molecule is CCC(C)(C)C(=O)C(=O)N1CCCC[C@H]1C(=O)O[C@H](CCc1ccc(OC)c(OC)c1)c1cccc(N(C)C)c1. The van der Waals surface area contributed by atoms with Gasteiger partial charge < -0.3 is 24.0 Å². The minimum Gasteiger partial charge on any atom is -0.493 e. The molecule has 0 N–H and O–H groups in total. The standard InChI is InChI=1S/C32H44N2O6/c1-8-32(2,3)29(35)30(36)34-19-10-9-14-25(34)31(37)40-26(23-12-11-13-24(21-23)33(4)5)17-15-22-16-18-27(38-6)28(20-22)39-7/h11-13,16,18,20-21,25-26H,8-10,14-15,17,19H2,1-7H3/t25-,26+/m0/s1. The van der Waals surface area contributed by atoms with Gasteiger partial charge in [0.2, 0.25) is 5.78 Å². The molecule has 0 bridgehead atoms. The number of methoxy groups -OCH3 is 2. The summed E-state index contributed by atoms with van der Waals surface area (Å²) in [6, 6.07) is 12.9. The van der Waals surface area contributed by atoms with Gasteiger partial charge in [0.15, 0.2) is 11.5 Å². The molecule has 0 aromatic heterocycles. The first-order valence-corrected chi connectivity index (χ1v) is 14.1. The molecule has 3 rings (SSSR count). The molecule has 1 saturated heterocycles. The molecule has 1 heterocycles. The Morgan fingerprint density at radius 3 is 2.40 bits per heavy atom. The van der Waals surface area contributed by atoms with E-state index in [0.717, 1.165) is 29.7 Å². The molecule has 40 heavy (non-hydrogen) atoms. The highest BCUT2D eigenvalue weighted by Crippen LogP contribution is 2.32. The van der Waals surface area contributed by atoms with E-state index in [-0.39, 0.29) is 0 Å². The third-order valence-corrected chi connectivity index (χ3v) is 7.89. The number of aryl methyl sites for hydroxylation is 1. The number of ether oxygens (including phenoxy) is 3. The summed E-state index contributed by atoms with van der Waals surface area (Å²) < 4.78 is 17.0. The maximum absolute atomic E-state index is 13.7. The van der Waals surface area contributed by atoms with Gasteiger partial charge >= 0.3 is 5.97 Å². The van der Waals surface area contributed by atoms with Crippen LogP contribution in [0.5, 0.6) is 11.5 Å². The highest BCUT2D eigenvalue weighted by molar-refractivity contribution is 6.38. The van der Waals surface area contributed by atoms with Crippen molar-refractivity contribution in [1.82, 2.24) is 4.90 Å². The molecular weight excluding hydrogens is 508 g/mol. The van der Waals surface area contributed by atoms with Crippen LogP contribution in [0, 0.1) is 5.41 Å². The van der Waals surface area contributed by atoms with E-state index in [1.54, 1.807) is 28.1 Å². The van der Waals surface area contributed by atoms with Crippen molar-refractivity contribution in [2.45, 2.75) is 71.4 Å². The van der Waals surface area contributed by atoms with Crippen molar-refractivity contribution in [3.05, 3.63) is 53.6 Å². The second-order valence-electron chi connectivity index (χ2n) is 11.2. The van der Waals surface area contributed by atoms with Gasteiger partial charge in [-0.15, -0.1) is 0 Å². The van der Waals surface area contributed by atoms with Gasteiger partial charge in [-0.3, -0.25) is 9.59 Å². The Bertz CT molecular complexity index is 1190. The number of piperidine rings is 1. The number of hydrogen-bond donors (Lipinski definition) is 0. The molecular formula is C32H44N2O6. The molecule has 0 saturated carbocycles. The first kappa shape index (κ1) is 31.0. The Kier molecular flexibility index (Phi) is 10.6. The number of carbonyl (C=O) groups is 3. The van der Waals surface area contributed by atoms with Gasteiger partial charge in [0.05, 0.1) is 14.2 Å². The quantitative estimate of drug-likeness (QED) is 0.258. The Labute approximate surface area is 238 Å². The van der Waals surface area contributed by atoms with Crippen LogP contribution in [0.25, 0.3) is 0 Å². The minimum atomic E-state index is -0.780. The summed E-state index contributed by atoms with van der Waals surface area (Å²) >= 11 is 0. The van der Waals surface area contributed by atoms with E-state index in [4.69, 9.17) is 14.2 Å². The average Bonchev–Trinajstić information content (AvgIpc) is 2.98. The van der Waals surface area contributed by atoms with E-state index in [2.05, 4.69) is 0 Å². The van der Waals surface area contributed by atoms with Gasteiger partial charge in [-0.05, 0) is 73.9 Å². The normalized spacial score (nSPS) is 16.2. The summed E-state index contributed by atoms with van der Waals surface area (Å²) in [4.78, 5) is 43.4.